The highest BCUT2D eigenvalue weighted by Gasteiger charge is 2.23. The van der Waals surface area contributed by atoms with E-state index in [1.165, 1.54) is 0 Å². The van der Waals surface area contributed by atoms with Crippen molar-refractivity contribution in [3.05, 3.63) is 143 Å². The molecule has 4 heteroatoms. The first-order valence-electron chi connectivity index (χ1n) is 12.3. The number of rotatable bonds is 10. The van der Waals surface area contributed by atoms with Gasteiger partial charge in [0.1, 0.15) is 0 Å². The standard InChI is InChI=1S/C33H30N2O2/c1-34-31-15-9-12-26(23-31)22-30(24-37-2)32(21-16-25-10-5-3-6-11-25)35-33(36)29-19-17-28(18-20-29)27-13-7-4-8-14-27/h3-21,23,30,32H,22,24H2,2H3,(H,35,36)/b21-16+. The van der Waals surface area contributed by atoms with Crippen molar-refractivity contribution in [3.63, 3.8) is 0 Å². The second-order valence-corrected chi connectivity index (χ2v) is 8.91. The molecule has 0 radical (unpaired) electrons. The molecule has 4 aromatic rings. The van der Waals surface area contributed by atoms with Crippen molar-refractivity contribution in [2.24, 2.45) is 5.92 Å². The van der Waals surface area contributed by atoms with Gasteiger partial charge in [-0.25, -0.2) is 4.85 Å². The lowest BCUT2D eigenvalue weighted by atomic mass is 9.91. The fourth-order valence-electron chi connectivity index (χ4n) is 4.34. The second kappa shape index (κ2) is 13.0. The highest BCUT2D eigenvalue weighted by molar-refractivity contribution is 5.95. The SMILES string of the molecule is [C-]#[N+]c1cccc(CC(COC)C(/C=C/c2ccccc2)NC(=O)c2ccc(-c3ccccc3)cc2)c1. The van der Waals surface area contributed by atoms with Crippen LogP contribution in [0.15, 0.2) is 115 Å². The summed E-state index contributed by atoms with van der Waals surface area (Å²) >= 11 is 0. The molecule has 1 N–H and O–H groups in total. The summed E-state index contributed by atoms with van der Waals surface area (Å²) in [6, 6.07) is 35.1. The van der Waals surface area contributed by atoms with Gasteiger partial charge in [-0.05, 0) is 35.2 Å². The molecule has 0 saturated heterocycles. The predicted molar refractivity (Wildman–Crippen MR) is 150 cm³/mol. The number of methoxy groups -OCH3 is 1. The van der Waals surface area contributed by atoms with Crippen molar-refractivity contribution >= 4 is 17.7 Å². The van der Waals surface area contributed by atoms with Gasteiger partial charge in [0.05, 0.1) is 19.2 Å². The van der Waals surface area contributed by atoms with Crippen LogP contribution in [0.4, 0.5) is 5.69 Å². The van der Waals surface area contributed by atoms with Crippen molar-refractivity contribution in [1.82, 2.24) is 5.32 Å². The summed E-state index contributed by atoms with van der Waals surface area (Å²) in [5.41, 5.74) is 5.47. The molecule has 0 aliphatic carbocycles. The maximum atomic E-state index is 13.4. The van der Waals surface area contributed by atoms with Gasteiger partial charge >= 0.3 is 0 Å². The maximum absolute atomic E-state index is 13.4. The van der Waals surface area contributed by atoms with E-state index in [4.69, 9.17) is 11.3 Å². The second-order valence-electron chi connectivity index (χ2n) is 8.91. The van der Waals surface area contributed by atoms with E-state index >= 15 is 0 Å². The molecule has 2 unspecified atom stereocenters. The summed E-state index contributed by atoms with van der Waals surface area (Å²) < 4.78 is 5.57. The molecule has 0 aliphatic rings. The van der Waals surface area contributed by atoms with Crippen LogP contribution in [0, 0.1) is 12.5 Å². The van der Waals surface area contributed by atoms with E-state index in [1.807, 2.05) is 103 Å². The molecule has 0 aromatic heterocycles. The zero-order valence-corrected chi connectivity index (χ0v) is 20.9. The zero-order valence-electron chi connectivity index (χ0n) is 20.9. The Kier molecular flexibility index (Phi) is 9.02. The average molecular weight is 487 g/mol. The Bertz CT molecular complexity index is 1360. The van der Waals surface area contributed by atoms with Crippen molar-refractivity contribution < 1.29 is 9.53 Å². The van der Waals surface area contributed by atoms with Gasteiger partial charge in [0, 0.05) is 18.6 Å². The number of hydrogen-bond donors (Lipinski definition) is 1. The average Bonchev–Trinajstić information content (AvgIpc) is 2.96. The molecule has 37 heavy (non-hydrogen) atoms. The van der Waals surface area contributed by atoms with Crippen LogP contribution in [0.3, 0.4) is 0 Å². The molecule has 4 nitrogen and oxygen atoms in total. The summed E-state index contributed by atoms with van der Waals surface area (Å²) in [6.45, 7) is 7.80. The van der Waals surface area contributed by atoms with Crippen LogP contribution in [-0.2, 0) is 11.2 Å². The van der Waals surface area contributed by atoms with E-state index in [0.717, 1.165) is 22.3 Å². The third-order valence-corrected chi connectivity index (χ3v) is 6.27. The molecule has 184 valence electrons. The smallest absolute Gasteiger partial charge is 0.251 e. The van der Waals surface area contributed by atoms with Crippen LogP contribution in [0.25, 0.3) is 22.0 Å². The Morgan fingerprint density at radius 1 is 0.892 bits per heavy atom. The fourth-order valence-corrected chi connectivity index (χ4v) is 4.34. The van der Waals surface area contributed by atoms with Crippen LogP contribution >= 0.6 is 0 Å². The van der Waals surface area contributed by atoms with Gasteiger partial charge in [-0.1, -0.05) is 115 Å². The molecule has 0 heterocycles. The zero-order chi connectivity index (χ0) is 25.9. The van der Waals surface area contributed by atoms with Crippen LogP contribution in [0.5, 0.6) is 0 Å². The lowest BCUT2D eigenvalue weighted by Gasteiger charge is -2.26. The molecular formula is C33H30N2O2. The number of benzene rings is 4. The Morgan fingerprint density at radius 3 is 2.24 bits per heavy atom. The molecule has 2 atom stereocenters. The molecule has 0 aliphatic heterocycles. The third kappa shape index (κ3) is 7.27. The Labute approximate surface area is 219 Å². The lowest BCUT2D eigenvalue weighted by Crippen LogP contribution is -2.41. The first kappa shape index (κ1) is 25.6. The highest BCUT2D eigenvalue weighted by Crippen LogP contribution is 2.22. The van der Waals surface area contributed by atoms with E-state index in [2.05, 4.69) is 22.3 Å². The molecule has 0 bridgehead atoms. The molecule has 1 amide bonds. The van der Waals surface area contributed by atoms with E-state index in [9.17, 15) is 4.79 Å². The van der Waals surface area contributed by atoms with E-state index in [0.29, 0.717) is 24.3 Å². The summed E-state index contributed by atoms with van der Waals surface area (Å²) in [6.07, 6.45) is 4.73. The number of nitrogens with one attached hydrogen (secondary N) is 1. The fraction of sp³-hybridized carbons (Fsp3) is 0.152. The topological polar surface area (TPSA) is 42.7 Å². The van der Waals surface area contributed by atoms with Gasteiger partial charge in [0.25, 0.3) is 5.91 Å². The number of ether oxygens (including phenoxy) is 1. The molecule has 0 fully saturated rings. The number of amides is 1. The molecule has 4 rings (SSSR count). The third-order valence-electron chi connectivity index (χ3n) is 6.27. The van der Waals surface area contributed by atoms with Crippen LogP contribution in [0.2, 0.25) is 0 Å². The van der Waals surface area contributed by atoms with Crippen LogP contribution in [0.1, 0.15) is 21.5 Å². The largest absolute Gasteiger partial charge is 0.384 e. The Balaban J connectivity index is 1.58. The minimum atomic E-state index is -0.280. The number of carbonyl (C=O) groups is 1. The van der Waals surface area contributed by atoms with Gasteiger partial charge in [-0.15, -0.1) is 0 Å². The van der Waals surface area contributed by atoms with Gasteiger partial charge in [-0.2, -0.15) is 0 Å². The summed E-state index contributed by atoms with van der Waals surface area (Å²) in [7, 11) is 1.67. The summed E-state index contributed by atoms with van der Waals surface area (Å²) in [5, 5.41) is 3.23. The van der Waals surface area contributed by atoms with Gasteiger partial charge in [-0.3, -0.25) is 4.79 Å². The monoisotopic (exact) mass is 486 g/mol. The first-order chi connectivity index (χ1) is 18.2. The molecular weight excluding hydrogens is 456 g/mol. The molecule has 0 spiro atoms. The molecule has 4 aromatic carbocycles. The minimum Gasteiger partial charge on any atom is -0.384 e. The van der Waals surface area contributed by atoms with Crippen molar-refractivity contribution in [1.29, 1.82) is 0 Å². The predicted octanol–water partition coefficient (Wildman–Crippen LogP) is 7.22. The molecule has 0 saturated carbocycles. The maximum Gasteiger partial charge on any atom is 0.251 e. The Hall–Kier alpha value is -4.46. The van der Waals surface area contributed by atoms with Crippen molar-refractivity contribution in [2.75, 3.05) is 13.7 Å². The van der Waals surface area contributed by atoms with Gasteiger partial charge in [0.2, 0.25) is 0 Å². The van der Waals surface area contributed by atoms with Crippen molar-refractivity contribution in [3.8, 4) is 11.1 Å². The number of hydrogen-bond acceptors (Lipinski definition) is 2. The van der Waals surface area contributed by atoms with Crippen LogP contribution in [-0.4, -0.2) is 25.7 Å². The summed E-state index contributed by atoms with van der Waals surface area (Å²) in [4.78, 5) is 16.9. The van der Waals surface area contributed by atoms with Crippen molar-refractivity contribution in [2.45, 2.75) is 12.5 Å². The highest BCUT2D eigenvalue weighted by atomic mass is 16.5. The van der Waals surface area contributed by atoms with E-state index in [-0.39, 0.29) is 17.9 Å². The van der Waals surface area contributed by atoms with E-state index in [1.54, 1.807) is 13.2 Å². The number of nitrogens with zero attached hydrogens (tertiary/aromatic N) is 1. The normalized spacial score (nSPS) is 12.5. The summed E-state index contributed by atoms with van der Waals surface area (Å²) in [5.74, 6) is -0.170. The minimum absolute atomic E-state index is 0.0292. The first-order valence-corrected chi connectivity index (χ1v) is 12.3. The van der Waals surface area contributed by atoms with E-state index < -0.39 is 0 Å². The number of carbonyl (C=O) groups excluding carboxylic acids is 1. The lowest BCUT2D eigenvalue weighted by molar-refractivity contribution is 0.0902. The Morgan fingerprint density at radius 2 is 1.57 bits per heavy atom. The van der Waals surface area contributed by atoms with Gasteiger partial charge in [0.15, 0.2) is 5.69 Å². The van der Waals surface area contributed by atoms with Gasteiger partial charge < -0.3 is 10.1 Å². The van der Waals surface area contributed by atoms with Crippen LogP contribution < -0.4 is 5.32 Å². The quantitative estimate of drug-likeness (QED) is 0.240.